The molecule has 0 heterocycles. The van der Waals surface area contributed by atoms with Gasteiger partial charge in [-0.25, -0.2) is 9.59 Å². The second kappa shape index (κ2) is 6.89. The van der Waals surface area contributed by atoms with Gasteiger partial charge in [0, 0.05) is 0 Å². The molecular formula is C9H12N2O3. The van der Waals surface area contributed by atoms with Crippen molar-refractivity contribution in [1.82, 2.24) is 0 Å². The zero-order valence-corrected chi connectivity index (χ0v) is 8.19. The number of hydrogen-bond donors (Lipinski definition) is 0. The van der Waals surface area contributed by atoms with Crippen molar-refractivity contribution < 1.29 is 14.4 Å². The van der Waals surface area contributed by atoms with Crippen molar-refractivity contribution >= 4 is 17.9 Å². The molecular weight excluding hydrogens is 184 g/mol. The molecule has 5 heteroatoms. The van der Waals surface area contributed by atoms with Gasteiger partial charge in [0.1, 0.15) is 12.1 Å². The molecule has 0 saturated heterocycles. The largest absolute Gasteiger partial charge is 0.295 e. The maximum Gasteiger partial charge on any atom is 0.235 e. The first-order valence-electron chi connectivity index (χ1n) is 4.35. The van der Waals surface area contributed by atoms with Crippen LogP contribution in [-0.2, 0) is 14.4 Å². The summed E-state index contributed by atoms with van der Waals surface area (Å²) in [4.78, 5) is 38.0. The van der Waals surface area contributed by atoms with Crippen LogP contribution in [0.25, 0.3) is 0 Å². The van der Waals surface area contributed by atoms with E-state index in [1.165, 1.54) is 19.1 Å². The van der Waals surface area contributed by atoms with Gasteiger partial charge < -0.3 is 0 Å². The summed E-state index contributed by atoms with van der Waals surface area (Å²) in [6, 6.07) is -1.52. The van der Waals surface area contributed by atoms with E-state index in [0.29, 0.717) is 6.42 Å². The molecule has 0 aliphatic heterocycles. The molecule has 0 amide bonds. The average Bonchev–Trinajstić information content (AvgIpc) is 2.17. The molecule has 2 atom stereocenters. The summed E-state index contributed by atoms with van der Waals surface area (Å²) in [7, 11) is 0. The van der Waals surface area contributed by atoms with E-state index in [4.69, 9.17) is 0 Å². The van der Waals surface area contributed by atoms with Crippen molar-refractivity contribution in [3.05, 3.63) is 0 Å². The molecule has 0 saturated carbocycles. The molecule has 0 rings (SSSR count). The Morgan fingerprint density at radius 1 is 1.29 bits per heavy atom. The monoisotopic (exact) mass is 196 g/mol. The minimum atomic E-state index is -0.791. The van der Waals surface area contributed by atoms with Crippen molar-refractivity contribution in [3.8, 4) is 0 Å². The normalized spacial score (nSPS) is 13.3. The van der Waals surface area contributed by atoms with Gasteiger partial charge in [-0.15, -0.1) is 0 Å². The number of Topliss-reactive ketones (excluding diaryl/α,β-unsaturated/α-hetero) is 1. The highest BCUT2D eigenvalue weighted by Crippen LogP contribution is 2.06. The first kappa shape index (κ1) is 12.4. The lowest BCUT2D eigenvalue weighted by Crippen LogP contribution is -2.27. The van der Waals surface area contributed by atoms with E-state index >= 15 is 0 Å². The van der Waals surface area contributed by atoms with Crippen molar-refractivity contribution in [1.29, 1.82) is 0 Å². The predicted octanol–water partition coefficient (Wildman–Crippen LogP) is 0.784. The lowest BCUT2D eigenvalue weighted by atomic mass is 10.0. The van der Waals surface area contributed by atoms with Crippen LogP contribution in [0.15, 0.2) is 9.98 Å². The molecule has 76 valence electrons. The molecule has 14 heavy (non-hydrogen) atoms. The molecule has 0 aromatic heterocycles. The summed E-state index contributed by atoms with van der Waals surface area (Å²) in [6.07, 6.45) is 3.83. The highest BCUT2D eigenvalue weighted by Gasteiger charge is 2.22. The lowest BCUT2D eigenvalue weighted by molar-refractivity contribution is -0.121. The number of nitrogens with zero attached hydrogens (tertiary/aromatic N) is 2. The fourth-order valence-corrected chi connectivity index (χ4v) is 1.03. The maximum absolute atomic E-state index is 11.5. The van der Waals surface area contributed by atoms with Gasteiger partial charge in [-0.05, 0) is 13.3 Å². The van der Waals surface area contributed by atoms with Gasteiger partial charge in [0.25, 0.3) is 0 Å². The van der Waals surface area contributed by atoms with E-state index in [1.807, 2.05) is 6.92 Å². The van der Waals surface area contributed by atoms with Gasteiger partial charge >= 0.3 is 0 Å². The summed E-state index contributed by atoms with van der Waals surface area (Å²) in [6.45, 7) is 3.34. The minimum Gasteiger partial charge on any atom is -0.295 e. The van der Waals surface area contributed by atoms with Gasteiger partial charge in [0.05, 0.1) is 0 Å². The molecule has 0 bridgehead atoms. The van der Waals surface area contributed by atoms with E-state index in [1.54, 1.807) is 0 Å². The second-order valence-corrected chi connectivity index (χ2v) is 2.82. The molecule has 0 aliphatic carbocycles. The smallest absolute Gasteiger partial charge is 0.235 e. The highest BCUT2D eigenvalue weighted by atomic mass is 16.1. The fourth-order valence-electron chi connectivity index (χ4n) is 1.03. The second-order valence-electron chi connectivity index (χ2n) is 2.82. The highest BCUT2D eigenvalue weighted by molar-refractivity contribution is 5.90. The van der Waals surface area contributed by atoms with E-state index in [2.05, 4.69) is 9.98 Å². The topological polar surface area (TPSA) is 75.9 Å². The zero-order valence-electron chi connectivity index (χ0n) is 8.19. The Labute approximate surface area is 81.9 Å². The molecule has 0 fully saturated rings. The van der Waals surface area contributed by atoms with Gasteiger partial charge in [-0.3, -0.25) is 4.79 Å². The van der Waals surface area contributed by atoms with Crippen LogP contribution in [-0.4, -0.2) is 30.0 Å². The summed E-state index contributed by atoms with van der Waals surface area (Å²) in [5, 5.41) is 0. The molecule has 5 nitrogen and oxygen atoms in total. The first-order chi connectivity index (χ1) is 6.67. The Morgan fingerprint density at radius 3 is 2.29 bits per heavy atom. The number of carbonyl (C=O) groups is 1. The molecule has 0 radical (unpaired) electrons. The summed E-state index contributed by atoms with van der Waals surface area (Å²) >= 11 is 0. The summed E-state index contributed by atoms with van der Waals surface area (Å²) < 4.78 is 0. The van der Waals surface area contributed by atoms with Gasteiger partial charge in [-0.2, -0.15) is 9.98 Å². The third-order valence-electron chi connectivity index (χ3n) is 1.76. The van der Waals surface area contributed by atoms with Crippen molar-refractivity contribution in [2.45, 2.75) is 38.8 Å². The Balaban J connectivity index is 4.57. The number of isocyanates is 2. The van der Waals surface area contributed by atoms with Crippen LogP contribution in [0.1, 0.15) is 26.7 Å². The third kappa shape index (κ3) is 3.90. The quantitative estimate of drug-likeness (QED) is 0.465. The van der Waals surface area contributed by atoms with Crippen LogP contribution >= 0.6 is 0 Å². The van der Waals surface area contributed by atoms with Crippen LogP contribution in [0.4, 0.5) is 0 Å². The minimum absolute atomic E-state index is 0.349. The van der Waals surface area contributed by atoms with Crippen molar-refractivity contribution in [2.75, 3.05) is 0 Å². The third-order valence-corrected chi connectivity index (χ3v) is 1.76. The van der Waals surface area contributed by atoms with Crippen molar-refractivity contribution in [3.63, 3.8) is 0 Å². The molecule has 0 spiro atoms. The van der Waals surface area contributed by atoms with Gasteiger partial charge in [0.2, 0.25) is 12.2 Å². The van der Waals surface area contributed by atoms with E-state index in [9.17, 15) is 14.4 Å². The Morgan fingerprint density at radius 2 is 1.86 bits per heavy atom. The first-order valence-corrected chi connectivity index (χ1v) is 4.35. The molecule has 0 aliphatic rings. The van der Waals surface area contributed by atoms with E-state index in [0.717, 1.165) is 6.42 Å². The molecule has 0 N–H and O–H groups in total. The Hall–Kier alpha value is -1.57. The average molecular weight is 196 g/mol. The Kier molecular flexibility index (Phi) is 6.12. The standard InChI is InChI=1S/C9H12N2O3/c1-3-4-8(11-6-13)9(14)7(2)10-5-12/h7-8H,3-4H2,1-2H3. The van der Waals surface area contributed by atoms with Crippen LogP contribution in [0.2, 0.25) is 0 Å². The van der Waals surface area contributed by atoms with Crippen molar-refractivity contribution in [2.24, 2.45) is 9.98 Å². The summed E-state index contributed by atoms with van der Waals surface area (Å²) in [5.74, 6) is -0.349. The van der Waals surface area contributed by atoms with Crippen LogP contribution in [0, 0.1) is 0 Å². The molecule has 2 unspecified atom stereocenters. The zero-order chi connectivity index (χ0) is 11.0. The number of aliphatic imine (C=N–C) groups is 2. The fraction of sp³-hybridized carbons (Fsp3) is 0.667. The Bertz CT molecular complexity index is 288. The number of carbonyl (C=O) groups excluding carboxylic acids is 3. The van der Waals surface area contributed by atoms with Gasteiger partial charge in [-0.1, -0.05) is 13.3 Å². The van der Waals surface area contributed by atoms with E-state index in [-0.39, 0.29) is 5.78 Å². The maximum atomic E-state index is 11.5. The molecule has 0 aromatic carbocycles. The molecule has 0 aromatic rings. The lowest BCUT2D eigenvalue weighted by Gasteiger charge is -2.09. The van der Waals surface area contributed by atoms with E-state index < -0.39 is 12.1 Å². The SMILES string of the molecule is CCCC(N=C=O)C(=O)C(C)N=C=O. The number of rotatable bonds is 6. The van der Waals surface area contributed by atoms with Crippen LogP contribution in [0.5, 0.6) is 0 Å². The van der Waals surface area contributed by atoms with Gasteiger partial charge in [0.15, 0.2) is 5.78 Å². The number of hydrogen-bond acceptors (Lipinski definition) is 5. The van der Waals surface area contributed by atoms with Crippen LogP contribution < -0.4 is 0 Å². The summed E-state index contributed by atoms with van der Waals surface area (Å²) in [5.41, 5.74) is 0. The predicted molar refractivity (Wildman–Crippen MR) is 49.4 cm³/mol. The van der Waals surface area contributed by atoms with Crippen LogP contribution in [0.3, 0.4) is 0 Å². The number of ketones is 1.